The number of fused-ring (bicyclic) bond motifs is 1. The van der Waals surface area contributed by atoms with Gasteiger partial charge in [0.15, 0.2) is 11.0 Å². The monoisotopic (exact) mass is 396 g/mol. The lowest BCUT2D eigenvalue weighted by molar-refractivity contribution is 0.729. The lowest BCUT2D eigenvalue weighted by Crippen LogP contribution is -2.30. The molecule has 3 heterocycles. The number of rotatable bonds is 4. The van der Waals surface area contributed by atoms with E-state index in [2.05, 4.69) is 62.8 Å². The summed E-state index contributed by atoms with van der Waals surface area (Å²) in [6, 6.07) is 18.7. The molecule has 0 aliphatic carbocycles. The van der Waals surface area contributed by atoms with E-state index in [0.717, 1.165) is 52.0 Å². The molecule has 0 radical (unpaired) electrons. The van der Waals surface area contributed by atoms with Gasteiger partial charge in [0.1, 0.15) is 0 Å². The third kappa shape index (κ3) is 3.57. The first-order valence-electron chi connectivity index (χ1n) is 9.62. The molecule has 4 aromatic rings. The Morgan fingerprint density at radius 2 is 1.66 bits per heavy atom. The molecular weight excluding hydrogens is 376 g/mol. The van der Waals surface area contributed by atoms with Crippen LogP contribution in [0.15, 0.2) is 79.8 Å². The summed E-state index contributed by atoms with van der Waals surface area (Å²) < 4.78 is 0. The zero-order chi connectivity index (χ0) is 19.6. The normalized spacial score (nSPS) is 13.2. The zero-order valence-corrected chi connectivity index (χ0v) is 16.8. The molecule has 29 heavy (non-hydrogen) atoms. The molecule has 0 saturated heterocycles. The van der Waals surface area contributed by atoms with Crippen molar-refractivity contribution < 1.29 is 0 Å². The highest BCUT2D eigenvalue weighted by atomic mass is 32.1. The fourth-order valence-electron chi connectivity index (χ4n) is 3.62. The summed E-state index contributed by atoms with van der Waals surface area (Å²) >= 11 is 1.71. The highest BCUT2D eigenvalue weighted by molar-refractivity contribution is 7.16. The summed E-state index contributed by atoms with van der Waals surface area (Å²) in [7, 11) is 0. The first kappa shape index (κ1) is 17.8. The number of aromatic nitrogens is 3. The molecule has 5 rings (SSSR count). The molecule has 4 nitrogen and oxygen atoms in total. The van der Waals surface area contributed by atoms with Crippen molar-refractivity contribution in [3.8, 4) is 11.4 Å². The van der Waals surface area contributed by atoms with E-state index in [1.165, 1.54) is 11.1 Å². The topological polar surface area (TPSA) is 41.9 Å². The number of nitrogens with zero attached hydrogens (tertiary/aromatic N) is 4. The van der Waals surface area contributed by atoms with Crippen molar-refractivity contribution in [3.05, 3.63) is 101 Å². The van der Waals surface area contributed by atoms with Crippen LogP contribution < -0.4 is 4.90 Å². The minimum atomic E-state index is 0.732. The standard InChI is InChI=1S/C24H20N4S/c1-17(18-7-9-20(10-8-18)23-25-12-4-13-26-23)22-15-27-24(29-22)28-14-11-19-5-2-3-6-21(19)16-28/h2-10,12-13,15H,1,11,14,16H2. The first-order valence-corrected chi connectivity index (χ1v) is 10.4. The summed E-state index contributed by atoms with van der Waals surface area (Å²) in [6.07, 6.45) is 6.52. The van der Waals surface area contributed by atoms with Crippen molar-refractivity contribution >= 4 is 22.0 Å². The number of benzene rings is 2. The Bertz CT molecular complexity index is 1150. The van der Waals surface area contributed by atoms with Crippen molar-refractivity contribution in [2.24, 2.45) is 0 Å². The van der Waals surface area contributed by atoms with Crippen LogP contribution in [0.2, 0.25) is 0 Å². The maximum Gasteiger partial charge on any atom is 0.186 e. The average Bonchev–Trinajstić information content (AvgIpc) is 3.29. The van der Waals surface area contributed by atoms with E-state index < -0.39 is 0 Å². The fourth-order valence-corrected chi connectivity index (χ4v) is 4.55. The molecule has 1 aliphatic heterocycles. The second-order valence-electron chi connectivity index (χ2n) is 7.08. The van der Waals surface area contributed by atoms with Gasteiger partial charge in [0.05, 0.1) is 4.88 Å². The maximum atomic E-state index is 4.69. The van der Waals surface area contributed by atoms with Crippen LogP contribution in [0, 0.1) is 0 Å². The van der Waals surface area contributed by atoms with Gasteiger partial charge in [-0.25, -0.2) is 15.0 Å². The third-order valence-electron chi connectivity index (χ3n) is 5.25. The molecule has 5 heteroatoms. The molecule has 0 unspecified atom stereocenters. The molecule has 0 bridgehead atoms. The van der Waals surface area contributed by atoms with E-state index in [0.29, 0.717) is 0 Å². The Kier molecular flexibility index (Phi) is 4.66. The average molecular weight is 397 g/mol. The van der Waals surface area contributed by atoms with Crippen LogP contribution in [-0.2, 0) is 13.0 Å². The smallest absolute Gasteiger partial charge is 0.186 e. The predicted molar refractivity (Wildman–Crippen MR) is 119 cm³/mol. The van der Waals surface area contributed by atoms with Gasteiger partial charge in [-0.1, -0.05) is 66.4 Å². The lowest BCUT2D eigenvalue weighted by Gasteiger charge is -2.28. The largest absolute Gasteiger partial charge is 0.343 e. The molecule has 142 valence electrons. The van der Waals surface area contributed by atoms with Crippen LogP contribution in [0.25, 0.3) is 17.0 Å². The first-order chi connectivity index (χ1) is 14.3. The second kappa shape index (κ2) is 7.60. The van der Waals surface area contributed by atoms with Gasteiger partial charge < -0.3 is 4.90 Å². The van der Waals surface area contributed by atoms with E-state index in [4.69, 9.17) is 0 Å². The van der Waals surface area contributed by atoms with Gasteiger partial charge in [-0.15, -0.1) is 0 Å². The summed E-state index contributed by atoms with van der Waals surface area (Å²) in [5, 5.41) is 1.06. The number of anilines is 1. The second-order valence-corrected chi connectivity index (χ2v) is 8.08. The summed E-state index contributed by atoms with van der Waals surface area (Å²) in [5.41, 5.74) is 5.93. The third-order valence-corrected chi connectivity index (χ3v) is 6.37. The highest BCUT2D eigenvalue weighted by Gasteiger charge is 2.19. The molecule has 2 aromatic heterocycles. The van der Waals surface area contributed by atoms with Crippen molar-refractivity contribution in [1.29, 1.82) is 0 Å². The van der Waals surface area contributed by atoms with Gasteiger partial charge in [-0.2, -0.15) is 0 Å². The molecule has 0 fully saturated rings. The highest BCUT2D eigenvalue weighted by Crippen LogP contribution is 2.33. The Balaban J connectivity index is 1.33. The molecule has 0 atom stereocenters. The van der Waals surface area contributed by atoms with Gasteiger partial charge >= 0.3 is 0 Å². The zero-order valence-electron chi connectivity index (χ0n) is 16.0. The Morgan fingerprint density at radius 1 is 0.897 bits per heavy atom. The lowest BCUT2D eigenvalue weighted by atomic mass is 10.0. The van der Waals surface area contributed by atoms with Crippen molar-refractivity contribution in [2.75, 3.05) is 11.4 Å². The van der Waals surface area contributed by atoms with Gasteiger partial charge in [-0.3, -0.25) is 0 Å². The molecular formula is C24H20N4S. The number of hydrogen-bond acceptors (Lipinski definition) is 5. The van der Waals surface area contributed by atoms with Crippen molar-refractivity contribution in [1.82, 2.24) is 15.0 Å². The van der Waals surface area contributed by atoms with E-state index in [1.807, 2.05) is 24.4 Å². The maximum absolute atomic E-state index is 4.69. The molecule has 0 N–H and O–H groups in total. The van der Waals surface area contributed by atoms with E-state index in [-0.39, 0.29) is 0 Å². The van der Waals surface area contributed by atoms with Crippen LogP contribution >= 0.6 is 11.3 Å². The predicted octanol–water partition coefficient (Wildman–Crippen LogP) is 5.22. The molecule has 2 aromatic carbocycles. The Hall–Kier alpha value is -3.31. The van der Waals surface area contributed by atoms with E-state index in [9.17, 15) is 0 Å². The van der Waals surface area contributed by atoms with Crippen LogP contribution in [0.3, 0.4) is 0 Å². The van der Waals surface area contributed by atoms with Crippen LogP contribution in [-0.4, -0.2) is 21.5 Å². The summed E-state index contributed by atoms with van der Waals surface area (Å²) in [5.74, 6) is 0.732. The van der Waals surface area contributed by atoms with Crippen LogP contribution in [0.5, 0.6) is 0 Å². The van der Waals surface area contributed by atoms with Gasteiger partial charge in [0.2, 0.25) is 0 Å². The van der Waals surface area contributed by atoms with Crippen molar-refractivity contribution in [2.45, 2.75) is 13.0 Å². The molecule has 0 amide bonds. The molecule has 1 aliphatic rings. The summed E-state index contributed by atoms with van der Waals surface area (Å²) in [4.78, 5) is 16.8. The fraction of sp³-hybridized carbons (Fsp3) is 0.125. The van der Waals surface area contributed by atoms with Crippen LogP contribution in [0.4, 0.5) is 5.13 Å². The van der Waals surface area contributed by atoms with Crippen LogP contribution in [0.1, 0.15) is 21.6 Å². The van der Waals surface area contributed by atoms with Gasteiger partial charge in [-0.05, 0) is 34.8 Å². The SMILES string of the molecule is C=C(c1ccc(-c2ncccn2)cc1)c1cnc(N2CCc3ccccc3C2)s1. The summed E-state index contributed by atoms with van der Waals surface area (Å²) in [6.45, 7) is 6.23. The minimum Gasteiger partial charge on any atom is -0.343 e. The minimum absolute atomic E-state index is 0.732. The molecule has 0 saturated carbocycles. The molecule has 0 spiro atoms. The quantitative estimate of drug-likeness (QED) is 0.474. The van der Waals surface area contributed by atoms with Gasteiger partial charge in [0.25, 0.3) is 0 Å². The Labute approximate surface area is 174 Å². The van der Waals surface area contributed by atoms with E-state index in [1.54, 1.807) is 23.7 Å². The van der Waals surface area contributed by atoms with E-state index >= 15 is 0 Å². The van der Waals surface area contributed by atoms with Crippen molar-refractivity contribution in [3.63, 3.8) is 0 Å². The number of thiazole rings is 1. The Morgan fingerprint density at radius 3 is 2.45 bits per heavy atom. The number of hydrogen-bond donors (Lipinski definition) is 0. The van der Waals surface area contributed by atoms with Gasteiger partial charge in [0, 0.05) is 37.2 Å².